The number of aromatic nitrogens is 2. The molecule has 0 atom stereocenters. The molecule has 1 saturated heterocycles. The number of hydrogen-bond acceptors (Lipinski definition) is 4. The molecule has 0 radical (unpaired) electrons. The van der Waals surface area contributed by atoms with Gasteiger partial charge in [-0.15, -0.1) is 0 Å². The van der Waals surface area contributed by atoms with Crippen LogP contribution in [0.25, 0.3) is 0 Å². The number of nitrogens with two attached hydrogens (primary N) is 1. The average Bonchev–Trinajstić information content (AvgIpc) is 2.29. The summed E-state index contributed by atoms with van der Waals surface area (Å²) < 4.78 is 0. The van der Waals surface area contributed by atoms with Crippen molar-refractivity contribution in [3.63, 3.8) is 0 Å². The van der Waals surface area contributed by atoms with Crippen molar-refractivity contribution in [3.8, 4) is 0 Å². The van der Waals surface area contributed by atoms with E-state index in [-0.39, 0.29) is 0 Å². The van der Waals surface area contributed by atoms with Crippen LogP contribution in [0.3, 0.4) is 0 Å². The van der Waals surface area contributed by atoms with Crippen LogP contribution < -0.4 is 10.6 Å². The molecule has 1 aromatic heterocycles. The minimum Gasteiger partial charge on any atom is -0.341 e. The standard InChI is InChI=1S/C12H20N4/c1-9-3-5-16(6-4-9)12-14-10(2)7-11(8-13)15-12/h7,9H,3-6,8,13H2,1-2H3. The van der Waals surface area contributed by atoms with Crippen LogP contribution in [0.15, 0.2) is 6.07 Å². The van der Waals surface area contributed by atoms with Gasteiger partial charge in [0.1, 0.15) is 0 Å². The predicted molar refractivity (Wildman–Crippen MR) is 65.3 cm³/mol. The molecule has 0 aromatic carbocycles. The lowest BCUT2D eigenvalue weighted by Crippen LogP contribution is -2.34. The molecule has 4 heteroatoms. The molecule has 2 rings (SSSR count). The van der Waals surface area contributed by atoms with Crippen molar-refractivity contribution < 1.29 is 0 Å². The molecule has 1 aliphatic heterocycles. The van der Waals surface area contributed by atoms with Crippen LogP contribution in [0.2, 0.25) is 0 Å². The smallest absolute Gasteiger partial charge is 0.225 e. The van der Waals surface area contributed by atoms with Gasteiger partial charge < -0.3 is 10.6 Å². The van der Waals surface area contributed by atoms with E-state index in [4.69, 9.17) is 5.73 Å². The van der Waals surface area contributed by atoms with Gasteiger partial charge in [-0.05, 0) is 31.7 Å². The van der Waals surface area contributed by atoms with E-state index in [1.807, 2.05) is 13.0 Å². The Bertz CT molecular complexity index is 356. The van der Waals surface area contributed by atoms with Gasteiger partial charge in [0.15, 0.2) is 0 Å². The molecule has 0 saturated carbocycles. The summed E-state index contributed by atoms with van der Waals surface area (Å²) in [6.07, 6.45) is 2.46. The highest BCUT2D eigenvalue weighted by molar-refractivity contribution is 5.32. The first-order valence-corrected chi connectivity index (χ1v) is 5.98. The summed E-state index contributed by atoms with van der Waals surface area (Å²) in [5, 5.41) is 0. The number of hydrogen-bond donors (Lipinski definition) is 1. The highest BCUT2D eigenvalue weighted by atomic mass is 15.3. The van der Waals surface area contributed by atoms with Crippen LogP contribution in [-0.4, -0.2) is 23.1 Å². The molecule has 1 aromatic rings. The van der Waals surface area contributed by atoms with Crippen molar-refractivity contribution in [1.29, 1.82) is 0 Å². The zero-order chi connectivity index (χ0) is 11.5. The fourth-order valence-electron chi connectivity index (χ4n) is 2.07. The molecule has 0 aliphatic carbocycles. The van der Waals surface area contributed by atoms with Gasteiger partial charge >= 0.3 is 0 Å². The van der Waals surface area contributed by atoms with Gasteiger partial charge in [0.05, 0.1) is 5.69 Å². The lowest BCUT2D eigenvalue weighted by molar-refractivity contribution is 0.434. The molecule has 0 amide bonds. The molecule has 1 fully saturated rings. The van der Waals surface area contributed by atoms with Gasteiger partial charge in [-0.25, -0.2) is 9.97 Å². The fourth-order valence-corrected chi connectivity index (χ4v) is 2.07. The Balaban J connectivity index is 2.16. The van der Waals surface area contributed by atoms with E-state index in [9.17, 15) is 0 Å². The molecular formula is C12H20N4. The molecule has 88 valence electrons. The topological polar surface area (TPSA) is 55.0 Å². The first-order chi connectivity index (χ1) is 7.69. The monoisotopic (exact) mass is 220 g/mol. The van der Waals surface area contributed by atoms with Crippen molar-refractivity contribution >= 4 is 5.95 Å². The summed E-state index contributed by atoms with van der Waals surface area (Å²) in [7, 11) is 0. The Morgan fingerprint density at radius 3 is 2.69 bits per heavy atom. The quantitative estimate of drug-likeness (QED) is 0.820. The van der Waals surface area contributed by atoms with Crippen molar-refractivity contribution in [1.82, 2.24) is 9.97 Å². The van der Waals surface area contributed by atoms with E-state index in [1.54, 1.807) is 0 Å². The second kappa shape index (κ2) is 4.78. The van der Waals surface area contributed by atoms with Gasteiger partial charge in [0.25, 0.3) is 0 Å². The second-order valence-electron chi connectivity index (χ2n) is 4.67. The first-order valence-electron chi connectivity index (χ1n) is 5.98. The van der Waals surface area contributed by atoms with Gasteiger partial charge in [-0.3, -0.25) is 0 Å². The first kappa shape index (κ1) is 11.3. The SMILES string of the molecule is Cc1cc(CN)nc(N2CCC(C)CC2)n1. The maximum atomic E-state index is 5.63. The van der Waals surface area contributed by atoms with E-state index >= 15 is 0 Å². The molecule has 2 heterocycles. The van der Waals surface area contributed by atoms with Crippen LogP contribution in [0, 0.1) is 12.8 Å². The summed E-state index contributed by atoms with van der Waals surface area (Å²) in [4.78, 5) is 11.3. The average molecular weight is 220 g/mol. The van der Waals surface area contributed by atoms with Crippen LogP contribution in [-0.2, 0) is 6.54 Å². The van der Waals surface area contributed by atoms with Gasteiger partial charge in [0.2, 0.25) is 5.95 Å². The minimum atomic E-state index is 0.487. The van der Waals surface area contributed by atoms with Crippen molar-refractivity contribution in [2.24, 2.45) is 11.7 Å². The maximum absolute atomic E-state index is 5.63. The van der Waals surface area contributed by atoms with E-state index in [1.165, 1.54) is 12.8 Å². The van der Waals surface area contributed by atoms with Crippen LogP contribution in [0.4, 0.5) is 5.95 Å². The highest BCUT2D eigenvalue weighted by Gasteiger charge is 2.18. The second-order valence-corrected chi connectivity index (χ2v) is 4.67. The summed E-state index contributed by atoms with van der Waals surface area (Å²) in [6, 6.07) is 1.95. The Kier molecular flexibility index (Phi) is 3.39. The predicted octanol–water partition coefficient (Wildman–Crippen LogP) is 1.48. The van der Waals surface area contributed by atoms with Gasteiger partial charge in [-0.2, -0.15) is 0 Å². The van der Waals surface area contributed by atoms with Crippen molar-refractivity contribution in [2.75, 3.05) is 18.0 Å². The van der Waals surface area contributed by atoms with Crippen LogP contribution in [0.5, 0.6) is 0 Å². The van der Waals surface area contributed by atoms with Crippen molar-refractivity contribution in [2.45, 2.75) is 33.2 Å². The zero-order valence-corrected chi connectivity index (χ0v) is 10.1. The third-order valence-electron chi connectivity index (χ3n) is 3.17. The summed E-state index contributed by atoms with van der Waals surface area (Å²) in [5.41, 5.74) is 7.57. The number of anilines is 1. The normalized spacial score (nSPS) is 17.8. The molecule has 16 heavy (non-hydrogen) atoms. The summed E-state index contributed by atoms with van der Waals surface area (Å²) in [6.45, 7) is 6.92. The zero-order valence-electron chi connectivity index (χ0n) is 10.1. The molecule has 2 N–H and O–H groups in total. The van der Waals surface area contributed by atoms with E-state index < -0.39 is 0 Å². The lowest BCUT2D eigenvalue weighted by Gasteiger charge is -2.30. The Morgan fingerprint density at radius 2 is 2.06 bits per heavy atom. The molecular weight excluding hydrogens is 200 g/mol. The molecule has 1 aliphatic rings. The molecule has 4 nitrogen and oxygen atoms in total. The Morgan fingerprint density at radius 1 is 1.38 bits per heavy atom. The van der Waals surface area contributed by atoms with Gasteiger partial charge in [-0.1, -0.05) is 6.92 Å². The van der Waals surface area contributed by atoms with E-state index in [2.05, 4.69) is 21.8 Å². The van der Waals surface area contributed by atoms with Crippen LogP contribution >= 0.6 is 0 Å². The molecule has 0 unspecified atom stereocenters. The Hall–Kier alpha value is -1.16. The summed E-state index contributed by atoms with van der Waals surface area (Å²) in [5.74, 6) is 1.68. The van der Waals surface area contributed by atoms with Crippen molar-refractivity contribution in [3.05, 3.63) is 17.5 Å². The number of nitrogens with zero attached hydrogens (tertiary/aromatic N) is 3. The highest BCUT2D eigenvalue weighted by Crippen LogP contribution is 2.20. The number of piperidine rings is 1. The van der Waals surface area contributed by atoms with E-state index in [0.717, 1.165) is 36.3 Å². The third-order valence-corrected chi connectivity index (χ3v) is 3.17. The minimum absolute atomic E-state index is 0.487. The maximum Gasteiger partial charge on any atom is 0.225 e. The third kappa shape index (κ3) is 2.50. The summed E-state index contributed by atoms with van der Waals surface area (Å²) >= 11 is 0. The number of aryl methyl sites for hydroxylation is 1. The number of rotatable bonds is 2. The van der Waals surface area contributed by atoms with E-state index in [0.29, 0.717) is 6.54 Å². The van der Waals surface area contributed by atoms with Gasteiger partial charge in [0, 0.05) is 25.3 Å². The largest absolute Gasteiger partial charge is 0.341 e. The molecule has 0 bridgehead atoms. The lowest BCUT2D eigenvalue weighted by atomic mass is 10.00. The fraction of sp³-hybridized carbons (Fsp3) is 0.667. The van der Waals surface area contributed by atoms with Crippen LogP contribution in [0.1, 0.15) is 31.2 Å². The Labute approximate surface area is 96.9 Å². The molecule has 0 spiro atoms.